The highest BCUT2D eigenvalue weighted by molar-refractivity contribution is 7.53. The summed E-state index contributed by atoms with van der Waals surface area (Å²) in [5.74, 6) is -1.00. The molecule has 0 spiro atoms. The van der Waals surface area contributed by atoms with Crippen LogP contribution in [0.25, 0.3) is 5.52 Å². The van der Waals surface area contributed by atoms with Gasteiger partial charge < -0.3 is 44.6 Å². The van der Waals surface area contributed by atoms with Gasteiger partial charge in [0.15, 0.2) is 5.82 Å². The zero-order valence-corrected chi connectivity index (χ0v) is 21.6. The van der Waals surface area contributed by atoms with Crippen LogP contribution in [0.3, 0.4) is 0 Å². The molecule has 0 bridgehead atoms. The van der Waals surface area contributed by atoms with Crippen molar-refractivity contribution in [3.05, 3.63) is 23.1 Å². The van der Waals surface area contributed by atoms with E-state index in [0.717, 1.165) is 32.8 Å². The fraction of sp³-hybridized carbons (Fsp3) is 0.667. The first kappa shape index (κ1) is 28.1. The number of carbonyl (C=O) groups is 1. The maximum absolute atomic E-state index is 12.2. The minimum Gasteiger partial charge on any atom is -0.481 e. The van der Waals surface area contributed by atoms with E-state index in [1.165, 1.54) is 4.52 Å². The standard InChI is InChI=1S/C21H30ClN4O10P/c1-34-10-21(8-15(27)28,37(31,32)33)35-9-14-16(29)17(30)18(36-14)12-6-7-13-19(23-11-4-2-3-5-11)24-20(22)25-26(12)13/h6-7,11,14,16-18,29-30H,2-5,8-10H2,1H3,(H,27,28)(H,23,24,25)(H2,31,32,33)/t14-,16-,17-,18-,21?/m1/s1. The van der Waals surface area contributed by atoms with Gasteiger partial charge >= 0.3 is 13.6 Å². The predicted octanol–water partition coefficient (Wildman–Crippen LogP) is 0.911. The molecule has 14 nitrogen and oxygen atoms in total. The van der Waals surface area contributed by atoms with E-state index >= 15 is 0 Å². The lowest BCUT2D eigenvalue weighted by Crippen LogP contribution is -2.43. The van der Waals surface area contributed by atoms with Crippen molar-refractivity contribution in [2.75, 3.05) is 25.6 Å². The smallest absolute Gasteiger partial charge is 0.360 e. The summed E-state index contributed by atoms with van der Waals surface area (Å²) in [7, 11) is -4.02. The number of carboxylic acids is 1. The van der Waals surface area contributed by atoms with Crippen molar-refractivity contribution in [2.24, 2.45) is 0 Å². The van der Waals surface area contributed by atoms with Gasteiger partial charge in [0, 0.05) is 13.2 Å². The van der Waals surface area contributed by atoms with Crippen LogP contribution in [0, 0.1) is 0 Å². The maximum atomic E-state index is 12.2. The Kier molecular flexibility index (Phi) is 8.43. The molecular weight excluding hydrogens is 535 g/mol. The van der Waals surface area contributed by atoms with Crippen LogP contribution in [-0.4, -0.2) is 95.7 Å². The van der Waals surface area contributed by atoms with Gasteiger partial charge in [-0.3, -0.25) is 9.36 Å². The van der Waals surface area contributed by atoms with Crippen LogP contribution in [0.1, 0.15) is 43.9 Å². The molecule has 0 aromatic carbocycles. The van der Waals surface area contributed by atoms with Crippen molar-refractivity contribution in [3.63, 3.8) is 0 Å². The highest BCUT2D eigenvalue weighted by atomic mass is 35.5. The van der Waals surface area contributed by atoms with Gasteiger partial charge in [-0.25, -0.2) is 4.52 Å². The zero-order valence-electron chi connectivity index (χ0n) is 19.9. The van der Waals surface area contributed by atoms with Crippen LogP contribution in [0.4, 0.5) is 5.82 Å². The van der Waals surface area contributed by atoms with Crippen molar-refractivity contribution < 1.29 is 48.7 Å². The molecule has 6 N–H and O–H groups in total. The zero-order chi connectivity index (χ0) is 27.0. The number of anilines is 1. The minimum absolute atomic E-state index is 0.0435. The summed E-state index contributed by atoms with van der Waals surface area (Å²) in [5.41, 5.74) is 0.935. The quantitative estimate of drug-likeness (QED) is 0.210. The van der Waals surface area contributed by atoms with Gasteiger partial charge in [-0.15, -0.1) is 5.10 Å². The number of ether oxygens (including phenoxy) is 3. The number of nitrogens with zero attached hydrogens (tertiary/aromatic N) is 3. The Morgan fingerprint density at radius 1 is 1.30 bits per heavy atom. The van der Waals surface area contributed by atoms with Gasteiger partial charge in [0.2, 0.25) is 10.6 Å². The molecule has 2 aromatic rings. The topological polar surface area (TPSA) is 205 Å². The Bertz CT molecular complexity index is 1170. The summed E-state index contributed by atoms with van der Waals surface area (Å²) >= 11 is 6.16. The van der Waals surface area contributed by atoms with E-state index in [-0.39, 0.29) is 11.3 Å². The number of nitrogens with one attached hydrogen (secondary N) is 1. The fourth-order valence-electron chi connectivity index (χ4n) is 4.82. The Balaban J connectivity index is 1.56. The van der Waals surface area contributed by atoms with Crippen LogP contribution < -0.4 is 5.32 Å². The van der Waals surface area contributed by atoms with Gasteiger partial charge in [0.25, 0.3) is 0 Å². The van der Waals surface area contributed by atoms with E-state index in [4.69, 9.17) is 25.8 Å². The number of hydrogen-bond donors (Lipinski definition) is 6. The number of fused-ring (bicyclic) bond motifs is 1. The second-order valence-corrected chi connectivity index (χ2v) is 11.5. The number of halogens is 1. The number of carboxylic acid groups (broad SMARTS) is 1. The molecule has 0 radical (unpaired) electrons. The summed E-state index contributed by atoms with van der Waals surface area (Å²) in [6, 6.07) is 3.61. The average Bonchev–Trinajstić information content (AvgIpc) is 3.52. The van der Waals surface area contributed by atoms with Crippen LogP contribution in [0.2, 0.25) is 5.28 Å². The molecule has 0 amide bonds. The van der Waals surface area contributed by atoms with Gasteiger partial charge in [-0.1, -0.05) is 12.8 Å². The molecule has 2 aromatic heterocycles. The Hall–Kier alpha value is -1.87. The molecule has 2 aliphatic rings. The van der Waals surface area contributed by atoms with Crippen molar-refractivity contribution in [2.45, 2.75) is 67.9 Å². The third kappa shape index (κ3) is 5.77. The minimum atomic E-state index is -5.16. The molecular formula is C21H30ClN4O10P. The lowest BCUT2D eigenvalue weighted by molar-refractivity contribution is -0.149. The molecule has 1 saturated carbocycles. The number of methoxy groups -OCH3 is 1. The molecule has 1 aliphatic carbocycles. The molecule has 4 rings (SSSR count). The second kappa shape index (κ2) is 11.1. The number of aliphatic hydroxyl groups excluding tert-OH is 2. The molecule has 1 aliphatic heterocycles. The normalized spacial score (nSPS) is 26.5. The number of aliphatic hydroxyl groups is 2. The van der Waals surface area contributed by atoms with Gasteiger partial charge in [-0.05, 0) is 36.6 Å². The van der Waals surface area contributed by atoms with E-state index < -0.39 is 63.0 Å². The maximum Gasteiger partial charge on any atom is 0.360 e. The number of hydrogen-bond acceptors (Lipinski definition) is 10. The lowest BCUT2D eigenvalue weighted by Gasteiger charge is -2.33. The van der Waals surface area contributed by atoms with Gasteiger partial charge in [-0.2, -0.15) is 4.98 Å². The fourth-order valence-corrected chi connectivity index (χ4v) is 5.86. The van der Waals surface area contributed by atoms with Gasteiger partial charge in [0.05, 0.1) is 25.3 Å². The van der Waals surface area contributed by atoms with E-state index in [2.05, 4.69) is 15.4 Å². The number of aromatic nitrogens is 3. The molecule has 1 unspecified atom stereocenters. The SMILES string of the molecule is COCC(CC(=O)O)(OC[C@H]1O[C@H](c2ccc3c(NC4CCCC4)nc(Cl)nn23)[C@H](O)[C@@H]1O)P(=O)(O)O. The highest BCUT2D eigenvalue weighted by Gasteiger charge is 2.52. The summed E-state index contributed by atoms with van der Waals surface area (Å²) in [6.07, 6.45) is -2.18. The molecule has 2 fully saturated rings. The first-order valence-corrected chi connectivity index (χ1v) is 13.7. The second-order valence-electron chi connectivity index (χ2n) is 9.29. The lowest BCUT2D eigenvalue weighted by atomic mass is 10.1. The summed E-state index contributed by atoms with van der Waals surface area (Å²) < 4.78 is 29.6. The molecule has 37 heavy (non-hydrogen) atoms. The van der Waals surface area contributed by atoms with E-state index in [1.807, 2.05) is 0 Å². The predicted molar refractivity (Wildman–Crippen MR) is 128 cm³/mol. The van der Waals surface area contributed by atoms with Crippen LogP contribution in [0.5, 0.6) is 0 Å². The Morgan fingerprint density at radius 3 is 2.62 bits per heavy atom. The van der Waals surface area contributed by atoms with Crippen molar-refractivity contribution in [1.82, 2.24) is 14.6 Å². The summed E-state index contributed by atoms with van der Waals surface area (Å²) in [6.45, 7) is -1.36. The van der Waals surface area contributed by atoms with Crippen molar-refractivity contribution in [3.8, 4) is 0 Å². The summed E-state index contributed by atoms with van der Waals surface area (Å²) in [5, 5.41) is 35.6. The van der Waals surface area contributed by atoms with E-state index in [9.17, 15) is 34.5 Å². The van der Waals surface area contributed by atoms with Gasteiger partial charge in [0.1, 0.15) is 29.9 Å². The van der Waals surface area contributed by atoms with Crippen LogP contribution in [0.15, 0.2) is 12.1 Å². The molecule has 16 heteroatoms. The first-order chi connectivity index (χ1) is 17.5. The Labute approximate surface area is 216 Å². The summed E-state index contributed by atoms with van der Waals surface area (Å²) in [4.78, 5) is 35.3. The molecule has 3 heterocycles. The van der Waals surface area contributed by atoms with E-state index in [1.54, 1.807) is 12.1 Å². The van der Waals surface area contributed by atoms with Crippen LogP contribution in [-0.2, 0) is 23.6 Å². The first-order valence-electron chi connectivity index (χ1n) is 11.7. The molecule has 5 atom stereocenters. The Morgan fingerprint density at radius 2 is 2.00 bits per heavy atom. The largest absolute Gasteiger partial charge is 0.481 e. The number of aliphatic carboxylic acids is 1. The third-order valence-corrected chi connectivity index (χ3v) is 8.35. The van der Waals surface area contributed by atoms with Crippen molar-refractivity contribution in [1.29, 1.82) is 0 Å². The molecule has 1 saturated heterocycles. The molecule has 206 valence electrons. The van der Waals surface area contributed by atoms with E-state index in [0.29, 0.717) is 17.0 Å². The number of rotatable bonds is 11. The van der Waals surface area contributed by atoms with Crippen LogP contribution >= 0.6 is 19.2 Å². The highest BCUT2D eigenvalue weighted by Crippen LogP contribution is 2.54. The average molecular weight is 565 g/mol. The van der Waals surface area contributed by atoms with Crippen molar-refractivity contribution >= 4 is 36.5 Å². The third-order valence-electron chi connectivity index (χ3n) is 6.71. The monoisotopic (exact) mass is 564 g/mol.